The molecule has 0 amide bonds. The Morgan fingerprint density at radius 1 is 1.38 bits per heavy atom. The van der Waals surface area contributed by atoms with E-state index in [2.05, 4.69) is 5.48 Å². The second-order valence-corrected chi connectivity index (χ2v) is 2.29. The second-order valence-electron chi connectivity index (χ2n) is 2.29. The summed E-state index contributed by atoms with van der Waals surface area (Å²) in [5.74, 6) is 0. The summed E-state index contributed by atoms with van der Waals surface area (Å²) in [4.78, 5) is 0. The van der Waals surface area contributed by atoms with Crippen molar-refractivity contribution in [2.24, 2.45) is 0 Å². The van der Waals surface area contributed by atoms with Gasteiger partial charge in [0.05, 0.1) is 6.10 Å². The van der Waals surface area contributed by atoms with Crippen molar-refractivity contribution in [1.82, 2.24) is 5.48 Å². The minimum atomic E-state index is -0.195. The zero-order valence-electron chi connectivity index (χ0n) is 4.67. The molecule has 0 aliphatic heterocycles. The van der Waals surface area contributed by atoms with Crippen LogP contribution in [-0.4, -0.2) is 22.5 Å². The van der Waals surface area contributed by atoms with Crippen LogP contribution in [-0.2, 0) is 0 Å². The molecule has 48 valence electrons. The first kappa shape index (κ1) is 6.01. The van der Waals surface area contributed by atoms with Gasteiger partial charge in [-0.25, -0.2) is 5.48 Å². The Morgan fingerprint density at radius 2 is 2.12 bits per heavy atom. The summed E-state index contributed by atoms with van der Waals surface area (Å²) in [7, 11) is 0. The van der Waals surface area contributed by atoms with Crippen LogP contribution in [0.4, 0.5) is 0 Å². The van der Waals surface area contributed by atoms with Gasteiger partial charge in [-0.1, -0.05) is 0 Å². The van der Waals surface area contributed by atoms with Crippen LogP contribution in [0.25, 0.3) is 0 Å². The van der Waals surface area contributed by atoms with E-state index in [1.54, 1.807) is 0 Å². The van der Waals surface area contributed by atoms with Gasteiger partial charge in [-0.3, -0.25) is 0 Å². The fourth-order valence-electron chi connectivity index (χ4n) is 1.07. The maximum atomic E-state index is 8.88. The maximum Gasteiger partial charge on any atom is 0.0556 e. The molecule has 1 fully saturated rings. The summed E-state index contributed by atoms with van der Waals surface area (Å²) >= 11 is 0. The molecule has 0 bridgehead atoms. The van der Waals surface area contributed by atoms with E-state index in [1.807, 2.05) is 0 Å². The Bertz CT molecular complexity index is 76.8. The number of rotatable bonds is 1. The molecule has 3 heteroatoms. The van der Waals surface area contributed by atoms with E-state index >= 15 is 0 Å². The van der Waals surface area contributed by atoms with Gasteiger partial charge < -0.3 is 10.3 Å². The molecule has 2 unspecified atom stereocenters. The lowest BCUT2D eigenvalue weighted by atomic mass is 10.3. The van der Waals surface area contributed by atoms with Gasteiger partial charge >= 0.3 is 0 Å². The molecular weight excluding hydrogens is 106 g/mol. The highest BCUT2D eigenvalue weighted by Gasteiger charge is 2.21. The number of hydrogen-bond acceptors (Lipinski definition) is 3. The monoisotopic (exact) mass is 117 g/mol. The van der Waals surface area contributed by atoms with Crippen molar-refractivity contribution < 1.29 is 10.3 Å². The number of hydroxylamine groups is 1. The fourth-order valence-corrected chi connectivity index (χ4v) is 1.07. The zero-order chi connectivity index (χ0) is 5.98. The Labute approximate surface area is 48.3 Å². The van der Waals surface area contributed by atoms with Crippen LogP contribution in [0.5, 0.6) is 0 Å². The van der Waals surface area contributed by atoms with Crippen LogP contribution >= 0.6 is 0 Å². The predicted molar refractivity (Wildman–Crippen MR) is 28.6 cm³/mol. The van der Waals surface area contributed by atoms with E-state index < -0.39 is 0 Å². The molecule has 0 aromatic rings. The van der Waals surface area contributed by atoms with Crippen molar-refractivity contribution in [2.45, 2.75) is 31.4 Å². The van der Waals surface area contributed by atoms with Gasteiger partial charge in [0.1, 0.15) is 0 Å². The van der Waals surface area contributed by atoms with Gasteiger partial charge in [0.15, 0.2) is 0 Å². The van der Waals surface area contributed by atoms with E-state index in [1.165, 1.54) is 0 Å². The van der Waals surface area contributed by atoms with Crippen LogP contribution in [0, 0.1) is 0 Å². The highest BCUT2D eigenvalue weighted by atomic mass is 16.5. The van der Waals surface area contributed by atoms with Crippen LogP contribution in [0.1, 0.15) is 19.3 Å². The smallest absolute Gasteiger partial charge is 0.0556 e. The third kappa shape index (κ3) is 1.18. The average molecular weight is 117 g/mol. The molecule has 0 aromatic heterocycles. The van der Waals surface area contributed by atoms with E-state index in [0.29, 0.717) is 6.42 Å². The van der Waals surface area contributed by atoms with Gasteiger partial charge in [-0.05, 0) is 19.3 Å². The first-order valence-corrected chi connectivity index (χ1v) is 2.90. The quantitative estimate of drug-likeness (QED) is 0.420. The van der Waals surface area contributed by atoms with Crippen molar-refractivity contribution in [3.63, 3.8) is 0 Å². The molecule has 0 heterocycles. The largest absolute Gasteiger partial charge is 0.393 e. The van der Waals surface area contributed by atoms with Crippen molar-refractivity contribution in [3.05, 3.63) is 0 Å². The van der Waals surface area contributed by atoms with Gasteiger partial charge in [0, 0.05) is 6.04 Å². The number of aliphatic hydroxyl groups excluding tert-OH is 1. The summed E-state index contributed by atoms with van der Waals surface area (Å²) in [6, 6.07) is 0.130. The lowest BCUT2D eigenvalue weighted by Crippen LogP contribution is -2.22. The van der Waals surface area contributed by atoms with E-state index in [-0.39, 0.29) is 12.1 Å². The Hall–Kier alpha value is -0.120. The molecule has 1 aliphatic rings. The summed E-state index contributed by atoms with van der Waals surface area (Å²) in [5, 5.41) is 17.2. The number of nitrogens with one attached hydrogen (secondary N) is 1. The lowest BCUT2D eigenvalue weighted by Gasteiger charge is -2.02. The molecule has 8 heavy (non-hydrogen) atoms. The van der Waals surface area contributed by atoms with Gasteiger partial charge in [-0.2, -0.15) is 0 Å². The highest BCUT2D eigenvalue weighted by molar-refractivity contribution is 4.76. The normalized spacial score (nSPS) is 38.2. The average Bonchev–Trinajstić information content (AvgIpc) is 2.14. The predicted octanol–water partition coefficient (Wildman–Crippen LogP) is -0.121. The van der Waals surface area contributed by atoms with E-state index in [9.17, 15) is 0 Å². The number of aliphatic hydroxyl groups is 1. The van der Waals surface area contributed by atoms with Crippen LogP contribution in [0.3, 0.4) is 0 Å². The Morgan fingerprint density at radius 3 is 2.38 bits per heavy atom. The van der Waals surface area contributed by atoms with Crippen molar-refractivity contribution in [2.75, 3.05) is 0 Å². The first-order chi connectivity index (χ1) is 3.83. The summed E-state index contributed by atoms with van der Waals surface area (Å²) in [6.45, 7) is 0. The Balaban J connectivity index is 2.22. The number of hydrogen-bond donors (Lipinski definition) is 3. The lowest BCUT2D eigenvalue weighted by molar-refractivity contribution is 0.115. The SMILES string of the molecule is ONC1CCC(O)C1. The minimum Gasteiger partial charge on any atom is -0.393 e. The molecule has 0 spiro atoms. The first-order valence-electron chi connectivity index (χ1n) is 2.90. The summed E-state index contributed by atoms with van der Waals surface area (Å²) in [5.41, 5.74) is 2.13. The van der Waals surface area contributed by atoms with Crippen LogP contribution in [0.15, 0.2) is 0 Å². The molecule has 1 aliphatic carbocycles. The summed E-state index contributed by atoms with van der Waals surface area (Å²) in [6.07, 6.45) is 2.20. The molecule has 0 saturated heterocycles. The molecular formula is C5H11NO2. The molecule has 2 atom stereocenters. The summed E-state index contributed by atoms with van der Waals surface area (Å²) < 4.78 is 0. The van der Waals surface area contributed by atoms with Crippen molar-refractivity contribution in [3.8, 4) is 0 Å². The molecule has 3 N–H and O–H groups in total. The Kier molecular flexibility index (Phi) is 1.83. The van der Waals surface area contributed by atoms with Gasteiger partial charge in [0.25, 0.3) is 0 Å². The van der Waals surface area contributed by atoms with Gasteiger partial charge in [0.2, 0.25) is 0 Å². The van der Waals surface area contributed by atoms with E-state index in [0.717, 1.165) is 12.8 Å². The minimum absolute atomic E-state index is 0.130. The fraction of sp³-hybridized carbons (Fsp3) is 1.00. The molecule has 1 rings (SSSR count). The van der Waals surface area contributed by atoms with Crippen molar-refractivity contribution in [1.29, 1.82) is 0 Å². The molecule has 0 aromatic carbocycles. The third-order valence-electron chi connectivity index (χ3n) is 1.59. The van der Waals surface area contributed by atoms with Crippen LogP contribution < -0.4 is 5.48 Å². The van der Waals surface area contributed by atoms with Crippen molar-refractivity contribution >= 4 is 0 Å². The molecule has 3 nitrogen and oxygen atoms in total. The second kappa shape index (κ2) is 2.44. The standard InChI is InChI=1S/C5H11NO2/c7-5-2-1-4(3-5)6-8/h4-8H,1-3H2. The van der Waals surface area contributed by atoms with Gasteiger partial charge in [-0.15, -0.1) is 0 Å². The topological polar surface area (TPSA) is 52.5 Å². The molecule has 0 radical (unpaired) electrons. The maximum absolute atomic E-state index is 8.88. The molecule has 1 saturated carbocycles. The highest BCUT2D eigenvalue weighted by Crippen LogP contribution is 2.17. The third-order valence-corrected chi connectivity index (χ3v) is 1.59. The van der Waals surface area contributed by atoms with E-state index in [4.69, 9.17) is 10.3 Å². The van der Waals surface area contributed by atoms with Crippen LogP contribution in [0.2, 0.25) is 0 Å². The zero-order valence-corrected chi connectivity index (χ0v) is 4.67.